The molecular weight excluding hydrogens is 299 g/mol. The molecule has 3 rings (SSSR count). The maximum atomic E-state index is 13.5. The van der Waals surface area contributed by atoms with Crippen molar-refractivity contribution in [2.45, 2.75) is 57.0 Å². The van der Waals surface area contributed by atoms with Gasteiger partial charge in [-0.1, -0.05) is 6.07 Å². The van der Waals surface area contributed by atoms with Crippen LogP contribution in [-0.4, -0.2) is 30.3 Å². The van der Waals surface area contributed by atoms with Gasteiger partial charge in [-0.2, -0.15) is 0 Å². The Balaban J connectivity index is 1.76. The molecule has 1 aromatic rings. The fraction of sp³-hybridized carbons (Fsp3) is 0.588. The van der Waals surface area contributed by atoms with Gasteiger partial charge in [0.1, 0.15) is 23.3 Å². The van der Waals surface area contributed by atoms with Gasteiger partial charge in [-0.25, -0.2) is 4.39 Å². The number of benzene rings is 1. The monoisotopic (exact) mass is 322 g/mol. The fourth-order valence-electron chi connectivity index (χ4n) is 3.29. The number of ether oxygens (including phenoxy) is 2. The van der Waals surface area contributed by atoms with Crippen LogP contribution in [0, 0.1) is 5.82 Å². The molecule has 6 heteroatoms. The number of fused-ring (bicyclic) bond motifs is 1. The van der Waals surface area contributed by atoms with Gasteiger partial charge in [0.15, 0.2) is 0 Å². The van der Waals surface area contributed by atoms with E-state index in [2.05, 4.69) is 5.32 Å². The minimum absolute atomic E-state index is 0.0433. The number of rotatable bonds is 3. The highest BCUT2D eigenvalue weighted by Gasteiger charge is 2.37. The predicted molar refractivity (Wildman–Crippen MR) is 83.6 cm³/mol. The zero-order valence-electron chi connectivity index (χ0n) is 13.5. The first-order valence-electron chi connectivity index (χ1n) is 8.02. The van der Waals surface area contributed by atoms with Crippen LogP contribution in [0.1, 0.15) is 44.7 Å². The molecule has 5 nitrogen and oxygen atoms in total. The van der Waals surface area contributed by atoms with Gasteiger partial charge in [0.05, 0.1) is 12.1 Å². The first kappa shape index (κ1) is 16.2. The Bertz CT molecular complexity index is 606. The second-order valence-corrected chi connectivity index (χ2v) is 6.87. The molecule has 0 aliphatic carbocycles. The van der Waals surface area contributed by atoms with Gasteiger partial charge in [-0.15, -0.1) is 0 Å². The highest BCUT2D eigenvalue weighted by molar-refractivity contribution is 5.81. The number of nitrogens with one attached hydrogen (secondary N) is 1. The van der Waals surface area contributed by atoms with E-state index in [1.54, 1.807) is 6.07 Å². The number of carbonyl (C=O) groups excluding carboxylic acids is 1. The average molecular weight is 322 g/mol. The first-order chi connectivity index (χ1) is 10.9. The van der Waals surface area contributed by atoms with Crippen LogP contribution in [0.2, 0.25) is 0 Å². The lowest BCUT2D eigenvalue weighted by molar-refractivity contribution is -0.133. The third-order valence-electron chi connectivity index (χ3n) is 4.41. The van der Waals surface area contributed by atoms with E-state index in [-0.39, 0.29) is 23.9 Å². The molecule has 2 aliphatic heterocycles. The SMILES string of the molecule is CC1(C)CC(NC(=O)[C@@H]2CC[C@H](CN)O2)c2ccc(F)cc2O1. The number of carbonyl (C=O) groups is 1. The Morgan fingerprint density at radius 2 is 2.22 bits per heavy atom. The van der Waals surface area contributed by atoms with E-state index in [4.69, 9.17) is 15.2 Å². The Morgan fingerprint density at radius 3 is 2.91 bits per heavy atom. The molecule has 1 amide bonds. The van der Waals surface area contributed by atoms with E-state index in [1.165, 1.54) is 12.1 Å². The molecule has 0 aromatic heterocycles. The molecule has 2 aliphatic rings. The van der Waals surface area contributed by atoms with Gasteiger partial charge < -0.3 is 20.5 Å². The van der Waals surface area contributed by atoms with Crippen molar-refractivity contribution >= 4 is 5.91 Å². The zero-order valence-corrected chi connectivity index (χ0v) is 13.5. The van der Waals surface area contributed by atoms with Crippen LogP contribution in [-0.2, 0) is 9.53 Å². The van der Waals surface area contributed by atoms with E-state index in [9.17, 15) is 9.18 Å². The smallest absolute Gasteiger partial charge is 0.249 e. The van der Waals surface area contributed by atoms with E-state index < -0.39 is 11.7 Å². The van der Waals surface area contributed by atoms with E-state index in [0.29, 0.717) is 25.1 Å². The molecule has 3 atom stereocenters. The van der Waals surface area contributed by atoms with E-state index in [1.807, 2.05) is 13.8 Å². The minimum atomic E-state index is -0.477. The van der Waals surface area contributed by atoms with Gasteiger partial charge in [-0.3, -0.25) is 4.79 Å². The topological polar surface area (TPSA) is 73.6 Å². The average Bonchev–Trinajstić information content (AvgIpc) is 2.94. The predicted octanol–water partition coefficient (Wildman–Crippen LogP) is 2.05. The molecule has 0 spiro atoms. The van der Waals surface area contributed by atoms with Gasteiger partial charge in [0.25, 0.3) is 0 Å². The second-order valence-electron chi connectivity index (χ2n) is 6.87. The molecule has 3 N–H and O–H groups in total. The van der Waals surface area contributed by atoms with Crippen LogP contribution in [0.5, 0.6) is 5.75 Å². The first-order valence-corrected chi connectivity index (χ1v) is 8.02. The minimum Gasteiger partial charge on any atom is -0.487 e. The van der Waals surface area contributed by atoms with Crippen LogP contribution in [0.25, 0.3) is 0 Å². The van der Waals surface area contributed by atoms with Crippen molar-refractivity contribution in [2.24, 2.45) is 5.73 Å². The Kier molecular flexibility index (Phi) is 4.29. The van der Waals surface area contributed by atoms with Crippen LogP contribution in [0.3, 0.4) is 0 Å². The maximum absolute atomic E-state index is 13.5. The van der Waals surface area contributed by atoms with Crippen LogP contribution in [0.4, 0.5) is 4.39 Å². The maximum Gasteiger partial charge on any atom is 0.249 e. The summed E-state index contributed by atoms with van der Waals surface area (Å²) in [6, 6.07) is 4.20. The number of hydrogen-bond donors (Lipinski definition) is 2. The highest BCUT2D eigenvalue weighted by atomic mass is 19.1. The Morgan fingerprint density at radius 1 is 1.43 bits per heavy atom. The van der Waals surface area contributed by atoms with Crippen molar-refractivity contribution < 1.29 is 18.7 Å². The molecule has 1 saturated heterocycles. The summed E-state index contributed by atoms with van der Waals surface area (Å²) in [6.45, 7) is 4.28. The number of nitrogens with two attached hydrogens (primary N) is 1. The van der Waals surface area contributed by atoms with Crippen molar-refractivity contribution in [1.82, 2.24) is 5.32 Å². The third kappa shape index (κ3) is 3.48. The number of halogens is 1. The summed E-state index contributed by atoms with van der Waals surface area (Å²) in [4.78, 5) is 12.5. The Hall–Kier alpha value is -1.66. The standard InChI is InChI=1S/C17H23FN2O3/c1-17(2)8-13(12-5-3-10(18)7-15(12)23-17)20-16(21)14-6-4-11(9-19)22-14/h3,5,7,11,13-14H,4,6,8-9,19H2,1-2H3,(H,20,21)/t11-,13?,14+/m1/s1. The number of amides is 1. The molecule has 1 aromatic carbocycles. The molecule has 126 valence electrons. The number of hydrogen-bond acceptors (Lipinski definition) is 4. The second kappa shape index (κ2) is 6.09. The van der Waals surface area contributed by atoms with E-state index >= 15 is 0 Å². The lowest BCUT2D eigenvalue weighted by atomic mass is 9.89. The lowest BCUT2D eigenvalue weighted by Crippen LogP contribution is -2.44. The molecular formula is C17H23FN2O3. The summed E-state index contributed by atoms with van der Waals surface area (Å²) >= 11 is 0. The summed E-state index contributed by atoms with van der Waals surface area (Å²) < 4.78 is 24.9. The molecule has 2 heterocycles. The zero-order chi connectivity index (χ0) is 16.6. The van der Waals surface area contributed by atoms with Gasteiger partial charge in [0.2, 0.25) is 5.91 Å². The summed E-state index contributed by atoms with van der Waals surface area (Å²) in [5.41, 5.74) is 5.91. The lowest BCUT2D eigenvalue weighted by Gasteiger charge is -2.38. The van der Waals surface area contributed by atoms with Gasteiger partial charge in [-0.05, 0) is 32.8 Å². The summed E-state index contributed by atoms with van der Waals surface area (Å²) in [7, 11) is 0. The summed E-state index contributed by atoms with van der Waals surface area (Å²) in [6.07, 6.45) is 1.59. The van der Waals surface area contributed by atoms with Crippen molar-refractivity contribution in [2.75, 3.05) is 6.54 Å². The quantitative estimate of drug-likeness (QED) is 0.893. The van der Waals surface area contributed by atoms with Crippen molar-refractivity contribution in [3.63, 3.8) is 0 Å². The molecule has 0 bridgehead atoms. The van der Waals surface area contributed by atoms with Crippen LogP contribution in [0.15, 0.2) is 18.2 Å². The molecule has 1 unspecified atom stereocenters. The van der Waals surface area contributed by atoms with E-state index in [0.717, 1.165) is 12.0 Å². The van der Waals surface area contributed by atoms with Gasteiger partial charge >= 0.3 is 0 Å². The molecule has 0 radical (unpaired) electrons. The highest BCUT2D eigenvalue weighted by Crippen LogP contribution is 2.40. The van der Waals surface area contributed by atoms with Crippen molar-refractivity contribution in [3.8, 4) is 5.75 Å². The fourth-order valence-corrected chi connectivity index (χ4v) is 3.29. The van der Waals surface area contributed by atoms with Crippen LogP contribution < -0.4 is 15.8 Å². The normalized spacial score (nSPS) is 28.8. The largest absolute Gasteiger partial charge is 0.487 e. The molecule has 1 fully saturated rings. The molecule has 23 heavy (non-hydrogen) atoms. The molecule has 0 saturated carbocycles. The van der Waals surface area contributed by atoms with Crippen molar-refractivity contribution in [3.05, 3.63) is 29.6 Å². The third-order valence-corrected chi connectivity index (χ3v) is 4.41. The van der Waals surface area contributed by atoms with Gasteiger partial charge in [0, 0.05) is 24.6 Å². The Labute approximate surface area is 135 Å². The van der Waals surface area contributed by atoms with Crippen molar-refractivity contribution in [1.29, 1.82) is 0 Å². The van der Waals surface area contributed by atoms with Crippen LogP contribution >= 0.6 is 0 Å². The summed E-state index contributed by atoms with van der Waals surface area (Å²) in [5, 5.41) is 3.03. The summed E-state index contributed by atoms with van der Waals surface area (Å²) in [5.74, 6) is -0.00547.